The number of nitrogens with one attached hydrogen (secondary N) is 1. The lowest BCUT2D eigenvalue weighted by atomic mass is 10.1. The number of carbonyl (C=O) groups excluding carboxylic acids is 1. The van der Waals surface area contributed by atoms with E-state index in [4.69, 9.17) is 14.2 Å². The molecule has 1 amide bonds. The largest absolute Gasteiger partial charge is 0.496 e. The molecular weight excluding hydrogens is 374 g/mol. The number of aromatic nitrogens is 2. The molecule has 2 aromatic carbocycles. The lowest BCUT2D eigenvalue weighted by molar-refractivity contribution is -0.122. The van der Waals surface area contributed by atoms with Gasteiger partial charge in [-0.2, -0.15) is 5.10 Å². The number of ether oxygens (including phenoxy) is 3. The van der Waals surface area contributed by atoms with Crippen molar-refractivity contribution in [2.45, 2.75) is 13.1 Å². The first-order chi connectivity index (χ1) is 14.1. The average molecular weight is 393 g/mol. The number of fused-ring (bicyclic) bond motifs is 1. The smallest absolute Gasteiger partial charge is 0.267 e. The highest BCUT2D eigenvalue weighted by Gasteiger charge is 2.15. The molecule has 8 heteroatoms. The summed E-state index contributed by atoms with van der Waals surface area (Å²) in [6, 6.07) is 15.8. The lowest BCUT2D eigenvalue weighted by Crippen LogP contribution is -2.33. The minimum absolute atomic E-state index is 0.179. The zero-order chi connectivity index (χ0) is 20.2. The minimum Gasteiger partial charge on any atom is -0.496 e. The Morgan fingerprint density at radius 2 is 1.97 bits per heavy atom. The van der Waals surface area contributed by atoms with Gasteiger partial charge >= 0.3 is 0 Å². The van der Waals surface area contributed by atoms with Crippen molar-refractivity contribution < 1.29 is 19.0 Å². The van der Waals surface area contributed by atoms with Gasteiger partial charge in [-0.05, 0) is 30.3 Å². The summed E-state index contributed by atoms with van der Waals surface area (Å²) in [6.45, 7) is 0.282. The molecule has 0 radical (unpaired) electrons. The first-order valence-electron chi connectivity index (χ1n) is 9.01. The Labute approximate surface area is 166 Å². The number of nitrogens with zero attached hydrogens (tertiary/aromatic N) is 2. The van der Waals surface area contributed by atoms with Crippen LogP contribution in [-0.2, 0) is 17.9 Å². The fraction of sp³-hybridized carbons (Fsp3) is 0.190. The van der Waals surface area contributed by atoms with Gasteiger partial charge in [0.1, 0.15) is 12.3 Å². The minimum atomic E-state index is -0.359. The van der Waals surface area contributed by atoms with Crippen LogP contribution in [-0.4, -0.2) is 29.6 Å². The third-order valence-electron chi connectivity index (χ3n) is 4.50. The number of rotatable bonds is 6. The quantitative estimate of drug-likeness (QED) is 0.688. The predicted octanol–water partition coefficient (Wildman–Crippen LogP) is 1.96. The van der Waals surface area contributed by atoms with Crippen LogP contribution in [0.4, 0.5) is 0 Å². The van der Waals surface area contributed by atoms with Crippen molar-refractivity contribution in [2.24, 2.45) is 0 Å². The van der Waals surface area contributed by atoms with Gasteiger partial charge in [0.25, 0.3) is 5.56 Å². The Balaban J connectivity index is 1.48. The van der Waals surface area contributed by atoms with E-state index in [1.54, 1.807) is 25.3 Å². The number of amides is 1. The van der Waals surface area contributed by atoms with E-state index in [0.717, 1.165) is 15.8 Å². The molecule has 0 aliphatic carbocycles. The third kappa shape index (κ3) is 4.06. The van der Waals surface area contributed by atoms with Gasteiger partial charge in [-0.15, -0.1) is 0 Å². The molecule has 148 valence electrons. The molecule has 8 nitrogen and oxygen atoms in total. The Hall–Kier alpha value is -3.81. The topological polar surface area (TPSA) is 91.7 Å². The second kappa shape index (κ2) is 8.05. The van der Waals surface area contributed by atoms with Crippen LogP contribution >= 0.6 is 0 Å². The predicted molar refractivity (Wildman–Crippen MR) is 105 cm³/mol. The second-order valence-electron chi connectivity index (χ2n) is 6.37. The molecule has 0 saturated carbocycles. The average Bonchev–Trinajstić information content (AvgIpc) is 3.22. The summed E-state index contributed by atoms with van der Waals surface area (Å²) in [7, 11) is 1.58. The number of carbonyl (C=O) groups is 1. The normalized spacial score (nSPS) is 11.9. The summed E-state index contributed by atoms with van der Waals surface area (Å²) in [5.41, 5.74) is 1.80. The van der Waals surface area contributed by atoms with Crippen LogP contribution in [0.15, 0.2) is 59.4 Å². The van der Waals surface area contributed by atoms with Crippen molar-refractivity contribution in [1.29, 1.82) is 0 Å². The van der Waals surface area contributed by atoms with Gasteiger partial charge in [-0.25, -0.2) is 4.68 Å². The molecule has 1 aliphatic heterocycles. The van der Waals surface area contributed by atoms with Crippen LogP contribution in [0.2, 0.25) is 0 Å². The van der Waals surface area contributed by atoms with Gasteiger partial charge in [0.2, 0.25) is 12.7 Å². The third-order valence-corrected chi connectivity index (χ3v) is 4.50. The molecule has 1 N–H and O–H groups in total. The molecule has 0 unspecified atom stereocenters. The maximum atomic E-state index is 12.4. The first-order valence-corrected chi connectivity index (χ1v) is 9.01. The summed E-state index contributed by atoms with van der Waals surface area (Å²) in [5.74, 6) is 1.65. The van der Waals surface area contributed by atoms with Gasteiger partial charge in [0, 0.05) is 23.7 Å². The molecule has 0 fully saturated rings. The van der Waals surface area contributed by atoms with Crippen LogP contribution < -0.4 is 25.1 Å². The van der Waals surface area contributed by atoms with Crippen LogP contribution in [0, 0.1) is 0 Å². The zero-order valence-corrected chi connectivity index (χ0v) is 15.8. The van der Waals surface area contributed by atoms with E-state index in [2.05, 4.69) is 10.4 Å². The molecule has 4 rings (SSSR count). The number of methoxy groups -OCH3 is 1. The molecular formula is C21H19N3O5. The van der Waals surface area contributed by atoms with E-state index in [0.29, 0.717) is 29.5 Å². The molecule has 1 aliphatic rings. The van der Waals surface area contributed by atoms with Gasteiger partial charge in [0.15, 0.2) is 11.5 Å². The van der Waals surface area contributed by atoms with E-state index < -0.39 is 0 Å². The number of hydrogen-bond acceptors (Lipinski definition) is 6. The van der Waals surface area contributed by atoms with Crippen LogP contribution in [0.1, 0.15) is 5.56 Å². The lowest BCUT2D eigenvalue weighted by Gasteiger charge is -2.11. The van der Waals surface area contributed by atoms with Crippen molar-refractivity contribution in [3.8, 4) is 28.5 Å². The molecule has 0 bridgehead atoms. The highest BCUT2D eigenvalue weighted by atomic mass is 16.7. The van der Waals surface area contributed by atoms with Crippen molar-refractivity contribution in [3.63, 3.8) is 0 Å². The summed E-state index contributed by atoms with van der Waals surface area (Å²) in [6.07, 6.45) is 0. The van der Waals surface area contributed by atoms with Crippen LogP contribution in [0.25, 0.3) is 11.3 Å². The van der Waals surface area contributed by atoms with Gasteiger partial charge in [-0.3, -0.25) is 9.59 Å². The Morgan fingerprint density at radius 1 is 1.14 bits per heavy atom. The molecule has 0 atom stereocenters. The Kier molecular flexibility index (Phi) is 5.15. The maximum absolute atomic E-state index is 12.4. The Bertz CT molecular complexity index is 1110. The molecule has 3 aromatic rings. The fourth-order valence-corrected chi connectivity index (χ4v) is 3.01. The zero-order valence-electron chi connectivity index (χ0n) is 15.8. The van der Waals surface area contributed by atoms with Crippen molar-refractivity contribution in [2.75, 3.05) is 13.9 Å². The SMILES string of the molecule is COc1ccccc1CNC(=O)Cn1nc(-c2ccc3c(c2)OCO3)ccc1=O. The summed E-state index contributed by atoms with van der Waals surface area (Å²) >= 11 is 0. The first kappa shape index (κ1) is 18.5. The van der Waals surface area contributed by atoms with Crippen molar-refractivity contribution >= 4 is 5.91 Å². The number of para-hydroxylation sites is 1. The summed E-state index contributed by atoms with van der Waals surface area (Å²) < 4.78 is 17.1. The summed E-state index contributed by atoms with van der Waals surface area (Å²) in [4.78, 5) is 24.5. The van der Waals surface area contributed by atoms with Crippen molar-refractivity contribution in [1.82, 2.24) is 15.1 Å². The molecule has 0 spiro atoms. The Morgan fingerprint density at radius 3 is 2.83 bits per heavy atom. The highest BCUT2D eigenvalue weighted by Crippen LogP contribution is 2.35. The second-order valence-corrected chi connectivity index (χ2v) is 6.37. The standard InChI is InChI=1S/C21H19N3O5/c1-27-17-5-3-2-4-15(17)11-22-20(25)12-24-21(26)9-7-16(23-24)14-6-8-18-19(10-14)29-13-28-18/h2-10H,11-13H2,1H3,(H,22,25). The van der Waals surface area contributed by atoms with Crippen LogP contribution in [0.3, 0.4) is 0 Å². The van der Waals surface area contributed by atoms with Gasteiger partial charge in [-0.1, -0.05) is 18.2 Å². The van der Waals surface area contributed by atoms with E-state index in [-0.39, 0.29) is 24.8 Å². The fourth-order valence-electron chi connectivity index (χ4n) is 3.01. The molecule has 2 heterocycles. The number of benzene rings is 2. The molecule has 29 heavy (non-hydrogen) atoms. The van der Waals surface area contributed by atoms with E-state index in [9.17, 15) is 9.59 Å². The van der Waals surface area contributed by atoms with Crippen molar-refractivity contribution in [3.05, 3.63) is 70.5 Å². The van der Waals surface area contributed by atoms with Gasteiger partial charge < -0.3 is 19.5 Å². The highest BCUT2D eigenvalue weighted by molar-refractivity contribution is 5.75. The van der Waals surface area contributed by atoms with E-state index >= 15 is 0 Å². The van der Waals surface area contributed by atoms with E-state index in [1.807, 2.05) is 30.3 Å². The van der Waals surface area contributed by atoms with Crippen LogP contribution in [0.5, 0.6) is 17.2 Å². The molecule has 0 saturated heterocycles. The maximum Gasteiger partial charge on any atom is 0.267 e. The monoisotopic (exact) mass is 393 g/mol. The number of hydrogen-bond donors (Lipinski definition) is 1. The van der Waals surface area contributed by atoms with E-state index in [1.165, 1.54) is 6.07 Å². The summed E-state index contributed by atoms with van der Waals surface area (Å²) in [5, 5.41) is 7.11. The van der Waals surface area contributed by atoms with Gasteiger partial charge in [0.05, 0.1) is 12.8 Å². The molecule has 1 aromatic heterocycles.